The molecule has 0 aliphatic carbocycles. The van der Waals surface area contributed by atoms with E-state index in [2.05, 4.69) is 15.6 Å². The number of nitrogens with one attached hydrogen (secondary N) is 2. The van der Waals surface area contributed by atoms with E-state index >= 15 is 0 Å². The predicted octanol–water partition coefficient (Wildman–Crippen LogP) is 1.76. The number of aromatic carboxylic acids is 1. The summed E-state index contributed by atoms with van der Waals surface area (Å²) in [7, 11) is 0. The summed E-state index contributed by atoms with van der Waals surface area (Å²) in [4.78, 5) is 26.5. The van der Waals surface area contributed by atoms with Gasteiger partial charge in [0.25, 0.3) is 0 Å². The molecule has 6 nitrogen and oxygen atoms in total. The van der Waals surface area contributed by atoms with E-state index in [1.54, 1.807) is 0 Å². The summed E-state index contributed by atoms with van der Waals surface area (Å²) in [5.74, 6) is -1.32. The number of hydrogen-bond donors (Lipinski definition) is 3. The third-order valence-electron chi connectivity index (χ3n) is 2.02. The van der Waals surface area contributed by atoms with Crippen molar-refractivity contribution in [2.24, 2.45) is 0 Å². The van der Waals surface area contributed by atoms with E-state index in [0.29, 0.717) is 0 Å². The van der Waals surface area contributed by atoms with Gasteiger partial charge in [0.1, 0.15) is 16.5 Å². The van der Waals surface area contributed by atoms with Crippen molar-refractivity contribution in [2.45, 2.75) is 26.3 Å². The van der Waals surface area contributed by atoms with Gasteiger partial charge in [0, 0.05) is 5.54 Å². The van der Waals surface area contributed by atoms with E-state index in [-0.39, 0.29) is 34.5 Å². The molecule has 0 aromatic carbocycles. The lowest BCUT2D eigenvalue weighted by Gasteiger charge is -2.20. The van der Waals surface area contributed by atoms with Crippen LogP contribution in [0.15, 0.2) is 12.1 Å². The summed E-state index contributed by atoms with van der Waals surface area (Å²) in [6, 6.07) is 2.72. The largest absolute Gasteiger partial charge is 0.478 e. The number of carbonyl (C=O) groups excluding carboxylic acids is 1. The van der Waals surface area contributed by atoms with Crippen molar-refractivity contribution in [2.75, 3.05) is 11.9 Å². The highest BCUT2D eigenvalue weighted by Crippen LogP contribution is 2.16. The highest BCUT2D eigenvalue weighted by molar-refractivity contribution is 6.29. The fraction of sp³-hybridized carbons (Fsp3) is 0.417. The van der Waals surface area contributed by atoms with Crippen molar-refractivity contribution >= 4 is 29.3 Å². The zero-order valence-electron chi connectivity index (χ0n) is 11.0. The van der Waals surface area contributed by atoms with Crippen LogP contribution in [0.1, 0.15) is 31.1 Å². The van der Waals surface area contributed by atoms with Gasteiger partial charge in [-0.2, -0.15) is 0 Å². The maximum absolute atomic E-state index is 11.6. The second-order valence-electron chi connectivity index (χ2n) is 4.99. The van der Waals surface area contributed by atoms with Gasteiger partial charge in [-0.3, -0.25) is 4.79 Å². The van der Waals surface area contributed by atoms with E-state index in [4.69, 9.17) is 16.7 Å². The molecule has 1 aromatic heterocycles. The Hall–Kier alpha value is -1.82. The molecule has 7 heteroatoms. The van der Waals surface area contributed by atoms with Gasteiger partial charge in [0.15, 0.2) is 0 Å². The number of amides is 1. The Balaban J connectivity index is 2.75. The molecule has 1 aromatic rings. The first kappa shape index (κ1) is 15.2. The van der Waals surface area contributed by atoms with Gasteiger partial charge in [-0.25, -0.2) is 9.78 Å². The van der Waals surface area contributed by atoms with Crippen LogP contribution in [-0.4, -0.2) is 34.1 Å². The molecule has 0 bridgehead atoms. The van der Waals surface area contributed by atoms with Crippen LogP contribution in [0.4, 0.5) is 5.82 Å². The summed E-state index contributed by atoms with van der Waals surface area (Å²) >= 11 is 5.70. The second kappa shape index (κ2) is 5.88. The summed E-state index contributed by atoms with van der Waals surface area (Å²) in [5.41, 5.74) is -0.385. The number of aromatic nitrogens is 1. The smallest absolute Gasteiger partial charge is 0.339 e. The molecule has 1 rings (SSSR count). The molecule has 0 aliphatic rings. The normalized spacial score (nSPS) is 10.9. The first-order valence-electron chi connectivity index (χ1n) is 5.64. The Labute approximate surface area is 116 Å². The number of carboxylic acids is 1. The molecule has 3 N–H and O–H groups in total. The van der Waals surface area contributed by atoms with Crippen molar-refractivity contribution in [3.8, 4) is 0 Å². The minimum absolute atomic E-state index is 0.0343. The van der Waals surface area contributed by atoms with Gasteiger partial charge in [-0.15, -0.1) is 0 Å². The molecule has 0 spiro atoms. The van der Waals surface area contributed by atoms with Crippen molar-refractivity contribution in [1.29, 1.82) is 0 Å². The minimum Gasteiger partial charge on any atom is -0.478 e. The van der Waals surface area contributed by atoms with Gasteiger partial charge in [-0.05, 0) is 32.9 Å². The average molecular weight is 286 g/mol. The van der Waals surface area contributed by atoms with Crippen molar-refractivity contribution in [3.63, 3.8) is 0 Å². The maximum Gasteiger partial charge on any atom is 0.339 e. The highest BCUT2D eigenvalue weighted by atomic mass is 35.5. The number of halogens is 1. The number of carbonyl (C=O) groups is 2. The van der Waals surface area contributed by atoms with Crippen molar-refractivity contribution in [3.05, 3.63) is 22.8 Å². The molecule has 104 valence electrons. The van der Waals surface area contributed by atoms with E-state index in [1.807, 2.05) is 20.8 Å². The molecular weight excluding hydrogens is 270 g/mol. The zero-order valence-corrected chi connectivity index (χ0v) is 11.7. The topological polar surface area (TPSA) is 91.3 Å². The number of rotatable bonds is 4. The van der Waals surface area contributed by atoms with E-state index in [1.165, 1.54) is 12.1 Å². The number of nitrogens with zero attached hydrogens (tertiary/aromatic N) is 1. The quantitative estimate of drug-likeness (QED) is 0.733. The Morgan fingerprint density at radius 2 is 2.00 bits per heavy atom. The zero-order chi connectivity index (χ0) is 14.6. The van der Waals surface area contributed by atoms with E-state index < -0.39 is 5.97 Å². The van der Waals surface area contributed by atoms with Crippen LogP contribution in [0.25, 0.3) is 0 Å². The fourth-order valence-corrected chi connectivity index (χ4v) is 1.52. The van der Waals surface area contributed by atoms with E-state index in [0.717, 1.165) is 0 Å². The van der Waals surface area contributed by atoms with E-state index in [9.17, 15) is 9.59 Å². The maximum atomic E-state index is 11.6. The first-order chi connectivity index (χ1) is 8.69. The Kier molecular flexibility index (Phi) is 4.72. The Morgan fingerprint density at radius 3 is 2.53 bits per heavy atom. The Morgan fingerprint density at radius 1 is 1.37 bits per heavy atom. The lowest BCUT2D eigenvalue weighted by molar-refractivity contribution is -0.120. The van der Waals surface area contributed by atoms with Crippen LogP contribution >= 0.6 is 11.6 Å². The molecule has 0 unspecified atom stereocenters. The minimum atomic E-state index is -1.14. The average Bonchev–Trinajstić information content (AvgIpc) is 2.23. The molecular formula is C12H16ClN3O3. The van der Waals surface area contributed by atoms with Gasteiger partial charge in [-0.1, -0.05) is 11.6 Å². The molecule has 0 aliphatic heterocycles. The van der Waals surface area contributed by atoms with Crippen LogP contribution < -0.4 is 10.6 Å². The van der Waals surface area contributed by atoms with Crippen LogP contribution in [0.5, 0.6) is 0 Å². The molecule has 0 atom stereocenters. The lowest BCUT2D eigenvalue weighted by Crippen LogP contribution is -2.43. The van der Waals surface area contributed by atoms with Gasteiger partial charge < -0.3 is 15.7 Å². The fourth-order valence-electron chi connectivity index (χ4n) is 1.37. The monoisotopic (exact) mass is 285 g/mol. The first-order valence-corrected chi connectivity index (χ1v) is 6.01. The van der Waals surface area contributed by atoms with Gasteiger partial charge in [0.05, 0.1) is 6.54 Å². The molecule has 0 saturated heterocycles. The Bertz CT molecular complexity index is 497. The highest BCUT2D eigenvalue weighted by Gasteiger charge is 2.16. The number of hydrogen-bond acceptors (Lipinski definition) is 4. The van der Waals surface area contributed by atoms with Gasteiger partial charge >= 0.3 is 5.97 Å². The van der Waals surface area contributed by atoms with Gasteiger partial charge in [0.2, 0.25) is 5.91 Å². The van der Waals surface area contributed by atoms with Crippen LogP contribution in [0, 0.1) is 0 Å². The predicted molar refractivity (Wildman–Crippen MR) is 72.6 cm³/mol. The lowest BCUT2D eigenvalue weighted by atomic mass is 10.1. The molecule has 1 amide bonds. The molecule has 1 heterocycles. The molecule has 19 heavy (non-hydrogen) atoms. The molecule has 0 fully saturated rings. The summed E-state index contributed by atoms with van der Waals surface area (Å²) in [6.07, 6.45) is 0. The third-order valence-corrected chi connectivity index (χ3v) is 2.23. The SMILES string of the molecule is CC(C)(C)NC(=O)CNc1nc(Cl)ccc1C(=O)O. The summed E-state index contributed by atoms with van der Waals surface area (Å²) < 4.78 is 0. The third kappa shape index (κ3) is 5.13. The summed E-state index contributed by atoms with van der Waals surface area (Å²) in [6.45, 7) is 5.48. The van der Waals surface area contributed by atoms with Crippen LogP contribution in [0.2, 0.25) is 5.15 Å². The summed E-state index contributed by atoms with van der Waals surface area (Å²) in [5, 5.41) is 14.6. The van der Waals surface area contributed by atoms with Crippen molar-refractivity contribution in [1.82, 2.24) is 10.3 Å². The molecule has 0 radical (unpaired) electrons. The second-order valence-corrected chi connectivity index (χ2v) is 5.37. The van der Waals surface area contributed by atoms with Crippen LogP contribution in [-0.2, 0) is 4.79 Å². The number of anilines is 1. The molecule has 0 saturated carbocycles. The van der Waals surface area contributed by atoms with Crippen molar-refractivity contribution < 1.29 is 14.7 Å². The standard InChI is InChI=1S/C12H16ClN3O3/c1-12(2,3)16-9(17)6-14-10-7(11(18)19)4-5-8(13)15-10/h4-5H,6H2,1-3H3,(H,14,15)(H,16,17)(H,18,19). The number of carboxylic acid groups (broad SMARTS) is 1. The van der Waals surface area contributed by atoms with Crippen LogP contribution in [0.3, 0.4) is 0 Å². The number of pyridine rings is 1.